The summed E-state index contributed by atoms with van der Waals surface area (Å²) in [6, 6.07) is 15.2. The van der Waals surface area contributed by atoms with Crippen LogP contribution in [-0.2, 0) is 13.4 Å². The van der Waals surface area contributed by atoms with Crippen LogP contribution < -0.4 is 4.57 Å². The van der Waals surface area contributed by atoms with Crippen molar-refractivity contribution in [3.05, 3.63) is 77.0 Å². The van der Waals surface area contributed by atoms with E-state index < -0.39 is 13.2 Å². The Morgan fingerprint density at radius 1 is 0.958 bits per heavy atom. The Hall–Kier alpha value is -2.41. The molecule has 0 atom stereocenters. The maximum atomic E-state index is 8.06. The molecule has 0 aliphatic heterocycles. The number of rotatable bonds is 3. The van der Waals surface area contributed by atoms with E-state index in [4.69, 9.17) is 6.85 Å². The molecule has 0 aliphatic rings. The van der Waals surface area contributed by atoms with E-state index in [0.29, 0.717) is 16.7 Å². The van der Waals surface area contributed by atoms with Crippen molar-refractivity contribution in [2.75, 3.05) is 0 Å². The number of hydrogen-bond donors (Lipinski definition) is 0. The fourth-order valence-electron chi connectivity index (χ4n) is 3.12. The lowest BCUT2D eigenvalue weighted by Crippen LogP contribution is -2.32. The zero-order valence-corrected chi connectivity index (χ0v) is 14.6. The first-order valence-corrected chi connectivity index (χ1v) is 8.11. The van der Waals surface area contributed by atoms with Crippen LogP contribution in [0.25, 0.3) is 22.4 Å². The van der Waals surface area contributed by atoms with Gasteiger partial charge in [0.05, 0.1) is 0 Å². The minimum absolute atomic E-state index is 0.339. The smallest absolute Gasteiger partial charge is 0.201 e. The lowest BCUT2D eigenvalue weighted by Gasteiger charge is -2.13. The summed E-state index contributed by atoms with van der Waals surface area (Å²) in [6.07, 6.45) is 0.389. The second-order valence-electron chi connectivity index (χ2n) is 6.20. The van der Waals surface area contributed by atoms with Crippen molar-refractivity contribution in [3.63, 3.8) is 0 Å². The molecule has 0 unspecified atom stereocenters. The molecule has 3 rings (SSSR count). The van der Waals surface area contributed by atoms with Gasteiger partial charge in [-0.3, -0.25) is 0 Å². The number of aryl methyl sites for hydroxylation is 5. The first kappa shape index (κ1) is 11.2. The van der Waals surface area contributed by atoms with Crippen LogP contribution in [0, 0.1) is 20.7 Å². The van der Waals surface area contributed by atoms with Gasteiger partial charge in [0, 0.05) is 24.0 Å². The van der Waals surface area contributed by atoms with Gasteiger partial charge in [-0.15, -0.1) is 0 Å². The monoisotopic (exact) mass is 321 g/mol. The third kappa shape index (κ3) is 2.99. The van der Waals surface area contributed by atoms with Crippen LogP contribution in [0.15, 0.2) is 54.7 Å². The average molecular weight is 321 g/mol. The standard InChI is InChI=1S/C23H26N/c1-6-19-15-24(5)23(13-16(19)2)22-14-21(17(3)12-18(22)4)20-10-8-7-9-11-20/h7-15H,6H2,1-5H3/q+1/i3D3,6D2. The summed E-state index contributed by atoms with van der Waals surface area (Å²) in [4.78, 5) is 0. The summed E-state index contributed by atoms with van der Waals surface area (Å²) in [5.41, 5.74) is 6.13. The largest absolute Gasteiger partial charge is 0.212 e. The maximum absolute atomic E-state index is 8.06. The number of aromatic nitrogens is 1. The molecule has 2 aromatic carbocycles. The highest BCUT2D eigenvalue weighted by Crippen LogP contribution is 2.31. The Labute approximate surface area is 152 Å². The van der Waals surface area contributed by atoms with Crippen LogP contribution in [-0.4, -0.2) is 0 Å². The SMILES string of the molecule is [2H]C([2H])([2H])c1cc(C)c(-c2cc(C)c(C([2H])([2H])C)c[n+]2C)cc1-c1ccccc1. The number of benzene rings is 2. The lowest BCUT2D eigenvalue weighted by molar-refractivity contribution is -0.660. The third-order valence-corrected chi connectivity index (χ3v) is 4.48. The molecule has 0 N–H and O–H groups in total. The van der Waals surface area contributed by atoms with Crippen LogP contribution in [0.5, 0.6) is 0 Å². The van der Waals surface area contributed by atoms with E-state index in [9.17, 15) is 0 Å². The van der Waals surface area contributed by atoms with E-state index in [0.717, 1.165) is 27.9 Å². The predicted molar refractivity (Wildman–Crippen MR) is 102 cm³/mol. The van der Waals surface area contributed by atoms with Gasteiger partial charge >= 0.3 is 0 Å². The van der Waals surface area contributed by atoms with Gasteiger partial charge in [-0.25, -0.2) is 4.57 Å². The van der Waals surface area contributed by atoms with Gasteiger partial charge in [-0.05, 0) is 61.0 Å². The van der Waals surface area contributed by atoms with Gasteiger partial charge in [0.1, 0.15) is 7.05 Å². The highest BCUT2D eigenvalue weighted by Gasteiger charge is 2.17. The molecule has 1 aromatic heterocycles. The van der Waals surface area contributed by atoms with E-state index >= 15 is 0 Å². The van der Waals surface area contributed by atoms with Gasteiger partial charge in [-0.1, -0.05) is 43.3 Å². The molecule has 3 aromatic rings. The molecule has 0 saturated heterocycles. The molecular weight excluding hydrogens is 290 g/mol. The van der Waals surface area contributed by atoms with E-state index in [1.54, 1.807) is 13.0 Å². The molecule has 0 spiro atoms. The quantitative estimate of drug-likeness (QED) is 0.574. The first-order valence-electron chi connectivity index (χ1n) is 10.6. The predicted octanol–water partition coefficient (Wildman–Crippen LogP) is 5.33. The molecule has 1 nitrogen and oxygen atoms in total. The molecule has 122 valence electrons. The van der Waals surface area contributed by atoms with E-state index in [1.165, 1.54) is 0 Å². The molecule has 0 fully saturated rings. The van der Waals surface area contributed by atoms with E-state index in [2.05, 4.69) is 0 Å². The molecule has 0 radical (unpaired) electrons. The van der Waals surface area contributed by atoms with Gasteiger partial charge in [0.25, 0.3) is 0 Å². The molecule has 0 aliphatic carbocycles. The number of hydrogen-bond acceptors (Lipinski definition) is 0. The summed E-state index contributed by atoms with van der Waals surface area (Å²) in [7, 11) is 1.89. The fraction of sp³-hybridized carbons (Fsp3) is 0.261. The Morgan fingerprint density at radius 2 is 1.71 bits per heavy atom. The highest BCUT2D eigenvalue weighted by molar-refractivity contribution is 5.75. The summed E-state index contributed by atoms with van der Waals surface area (Å²) in [6.45, 7) is 3.17. The van der Waals surface area contributed by atoms with Gasteiger partial charge in [0.15, 0.2) is 6.20 Å². The molecule has 0 amide bonds. The Morgan fingerprint density at radius 3 is 2.38 bits per heavy atom. The van der Waals surface area contributed by atoms with Crippen molar-refractivity contribution in [2.45, 2.75) is 34.0 Å². The first-order chi connectivity index (χ1) is 13.4. The zero-order chi connectivity index (χ0) is 21.6. The molecular formula is C23H26N+. The number of pyridine rings is 1. The van der Waals surface area contributed by atoms with E-state index in [-0.39, 0.29) is 0 Å². The van der Waals surface area contributed by atoms with Crippen LogP contribution >= 0.6 is 0 Å². The summed E-state index contributed by atoms with van der Waals surface area (Å²) in [5.74, 6) is 0. The molecule has 0 saturated carbocycles. The molecule has 1 heteroatoms. The van der Waals surface area contributed by atoms with Crippen LogP contribution in [0.1, 0.15) is 36.0 Å². The Kier molecular flexibility index (Phi) is 3.08. The second kappa shape index (κ2) is 6.60. The Bertz CT molecular complexity index is 1050. The molecule has 24 heavy (non-hydrogen) atoms. The molecule has 1 heterocycles. The summed E-state index contributed by atoms with van der Waals surface area (Å²) in [5, 5.41) is 0. The summed E-state index contributed by atoms with van der Waals surface area (Å²) >= 11 is 0. The van der Waals surface area contributed by atoms with Crippen LogP contribution in [0.4, 0.5) is 0 Å². The zero-order valence-electron chi connectivity index (χ0n) is 19.6. The van der Waals surface area contributed by atoms with E-state index in [1.807, 2.05) is 74.1 Å². The van der Waals surface area contributed by atoms with Crippen molar-refractivity contribution >= 4 is 0 Å². The number of nitrogens with zero attached hydrogens (tertiary/aromatic N) is 1. The minimum Gasteiger partial charge on any atom is -0.201 e. The fourth-order valence-corrected chi connectivity index (χ4v) is 3.12. The third-order valence-electron chi connectivity index (χ3n) is 4.48. The lowest BCUT2D eigenvalue weighted by atomic mass is 9.92. The van der Waals surface area contributed by atoms with Gasteiger partial charge < -0.3 is 0 Å². The van der Waals surface area contributed by atoms with Gasteiger partial charge in [-0.2, -0.15) is 0 Å². The van der Waals surface area contributed by atoms with Crippen molar-refractivity contribution < 1.29 is 11.4 Å². The van der Waals surface area contributed by atoms with Crippen molar-refractivity contribution in [1.29, 1.82) is 0 Å². The minimum atomic E-state index is -2.21. The van der Waals surface area contributed by atoms with Crippen LogP contribution in [0.2, 0.25) is 0 Å². The second-order valence-corrected chi connectivity index (χ2v) is 6.20. The average Bonchev–Trinajstić information content (AvgIpc) is 2.62. The van der Waals surface area contributed by atoms with Gasteiger partial charge in [0.2, 0.25) is 5.69 Å². The van der Waals surface area contributed by atoms with Crippen LogP contribution in [0.3, 0.4) is 0 Å². The van der Waals surface area contributed by atoms with Crippen molar-refractivity contribution in [2.24, 2.45) is 7.05 Å². The Balaban J connectivity index is 2.28. The topological polar surface area (TPSA) is 3.88 Å². The van der Waals surface area contributed by atoms with Crippen molar-refractivity contribution in [3.8, 4) is 22.4 Å². The highest BCUT2D eigenvalue weighted by atomic mass is 14.9. The summed E-state index contributed by atoms with van der Waals surface area (Å²) < 4.78 is 42.0. The maximum Gasteiger partial charge on any atom is 0.212 e. The normalized spacial score (nSPS) is 15.1. The molecule has 0 bridgehead atoms. The van der Waals surface area contributed by atoms with Crippen molar-refractivity contribution in [1.82, 2.24) is 0 Å².